The van der Waals surface area contributed by atoms with Gasteiger partial charge >= 0.3 is 0 Å². The molecule has 2 aliphatic rings. The summed E-state index contributed by atoms with van der Waals surface area (Å²) in [6.07, 6.45) is 0.350. The number of benzene rings is 1. The number of likely N-dealkylation sites (N-methyl/N-ethyl adjacent to an activating group) is 1. The summed E-state index contributed by atoms with van der Waals surface area (Å²) in [4.78, 5) is 25.3. The molecule has 3 rings (SSSR count). The molecule has 23 heavy (non-hydrogen) atoms. The molecule has 7 nitrogen and oxygen atoms in total. The standard InChI is InChI=1S/C15H19N3O4.ClH/c1-18-12-6-10(2-3-13(12)22-9-15(18)20)17-14(19)7-11-8-21-5-4-16-11;/h2-3,6,11,16H,4-5,7-9H2,1H3,(H,17,19);1H. The van der Waals surface area contributed by atoms with E-state index in [4.69, 9.17) is 9.47 Å². The van der Waals surface area contributed by atoms with Crippen LogP contribution in [0.1, 0.15) is 6.42 Å². The molecule has 1 fully saturated rings. The van der Waals surface area contributed by atoms with Gasteiger partial charge in [-0.3, -0.25) is 9.59 Å². The third kappa shape index (κ3) is 4.13. The highest BCUT2D eigenvalue weighted by Gasteiger charge is 2.23. The van der Waals surface area contributed by atoms with Crippen molar-refractivity contribution < 1.29 is 19.1 Å². The first-order chi connectivity index (χ1) is 10.6. The van der Waals surface area contributed by atoms with Crippen molar-refractivity contribution in [1.29, 1.82) is 0 Å². The SMILES string of the molecule is CN1C(=O)COc2ccc(NC(=O)CC3COCCN3)cc21.Cl. The van der Waals surface area contributed by atoms with Crippen LogP contribution >= 0.6 is 12.4 Å². The van der Waals surface area contributed by atoms with E-state index >= 15 is 0 Å². The molecule has 126 valence electrons. The lowest BCUT2D eigenvalue weighted by Gasteiger charge is -2.26. The lowest BCUT2D eigenvalue weighted by Crippen LogP contribution is -2.43. The number of carbonyl (C=O) groups is 2. The Morgan fingerprint density at radius 1 is 1.48 bits per heavy atom. The number of ether oxygens (including phenoxy) is 2. The first kappa shape index (κ1) is 17.5. The predicted octanol–water partition coefficient (Wildman–Crippen LogP) is 0.781. The quantitative estimate of drug-likeness (QED) is 0.849. The van der Waals surface area contributed by atoms with Crippen molar-refractivity contribution in [2.24, 2.45) is 0 Å². The summed E-state index contributed by atoms with van der Waals surface area (Å²) in [6.45, 7) is 2.04. The van der Waals surface area contributed by atoms with Gasteiger partial charge in [0.1, 0.15) is 5.75 Å². The van der Waals surface area contributed by atoms with Crippen LogP contribution in [0.25, 0.3) is 0 Å². The van der Waals surface area contributed by atoms with Gasteiger partial charge in [-0.25, -0.2) is 0 Å². The normalized spacial score (nSPS) is 20.1. The fourth-order valence-corrected chi connectivity index (χ4v) is 2.54. The van der Waals surface area contributed by atoms with E-state index in [-0.39, 0.29) is 36.9 Å². The minimum absolute atomic E-state index is 0. The summed E-state index contributed by atoms with van der Waals surface area (Å²) in [6, 6.07) is 5.31. The number of fused-ring (bicyclic) bond motifs is 1. The highest BCUT2D eigenvalue weighted by molar-refractivity contribution is 5.99. The summed E-state index contributed by atoms with van der Waals surface area (Å²) in [5.41, 5.74) is 1.30. The molecule has 0 aromatic heterocycles. The number of nitrogens with one attached hydrogen (secondary N) is 2. The zero-order valence-electron chi connectivity index (χ0n) is 12.8. The van der Waals surface area contributed by atoms with Gasteiger partial charge in [0.2, 0.25) is 5.91 Å². The van der Waals surface area contributed by atoms with Crippen LogP contribution in [0.5, 0.6) is 5.75 Å². The van der Waals surface area contributed by atoms with Gasteiger partial charge in [0, 0.05) is 31.7 Å². The number of rotatable bonds is 3. The molecule has 0 aliphatic carbocycles. The van der Waals surface area contributed by atoms with Crippen molar-refractivity contribution in [2.45, 2.75) is 12.5 Å². The number of hydrogen-bond donors (Lipinski definition) is 2. The van der Waals surface area contributed by atoms with Gasteiger partial charge in [0.05, 0.1) is 18.9 Å². The highest BCUT2D eigenvalue weighted by atomic mass is 35.5. The summed E-state index contributed by atoms with van der Waals surface area (Å²) in [7, 11) is 1.69. The topological polar surface area (TPSA) is 79.9 Å². The fourth-order valence-electron chi connectivity index (χ4n) is 2.54. The van der Waals surface area contributed by atoms with E-state index in [1.54, 1.807) is 25.2 Å². The molecule has 1 atom stereocenters. The number of anilines is 2. The largest absolute Gasteiger partial charge is 0.482 e. The van der Waals surface area contributed by atoms with Crippen molar-refractivity contribution in [3.63, 3.8) is 0 Å². The Labute approximate surface area is 140 Å². The van der Waals surface area contributed by atoms with Crippen LogP contribution in [-0.4, -0.2) is 51.3 Å². The fraction of sp³-hybridized carbons (Fsp3) is 0.467. The number of amides is 2. The van der Waals surface area contributed by atoms with Gasteiger partial charge in [-0.2, -0.15) is 0 Å². The molecule has 1 aromatic rings. The van der Waals surface area contributed by atoms with E-state index in [0.717, 1.165) is 6.54 Å². The average molecular weight is 342 g/mol. The maximum Gasteiger partial charge on any atom is 0.264 e. The second-order valence-electron chi connectivity index (χ2n) is 5.40. The van der Waals surface area contributed by atoms with Crippen molar-refractivity contribution >= 4 is 35.6 Å². The minimum Gasteiger partial charge on any atom is -0.482 e. The van der Waals surface area contributed by atoms with Crippen LogP contribution in [0.15, 0.2) is 18.2 Å². The molecule has 2 heterocycles. The molecular formula is C15H20ClN3O4. The molecule has 8 heteroatoms. The number of morpholine rings is 1. The third-order valence-electron chi connectivity index (χ3n) is 3.76. The van der Waals surface area contributed by atoms with E-state index in [0.29, 0.717) is 36.8 Å². The van der Waals surface area contributed by atoms with Crippen LogP contribution in [0.4, 0.5) is 11.4 Å². The summed E-state index contributed by atoms with van der Waals surface area (Å²) >= 11 is 0. The third-order valence-corrected chi connectivity index (χ3v) is 3.76. The number of carbonyl (C=O) groups excluding carboxylic acids is 2. The molecule has 0 radical (unpaired) electrons. The maximum atomic E-state index is 12.1. The zero-order valence-corrected chi connectivity index (χ0v) is 13.6. The van der Waals surface area contributed by atoms with Gasteiger partial charge in [0.15, 0.2) is 6.61 Å². The molecule has 0 bridgehead atoms. The Kier molecular flexibility index (Phi) is 5.81. The summed E-state index contributed by atoms with van der Waals surface area (Å²) in [5, 5.41) is 6.09. The van der Waals surface area contributed by atoms with E-state index in [2.05, 4.69) is 10.6 Å². The zero-order chi connectivity index (χ0) is 15.5. The van der Waals surface area contributed by atoms with Crippen molar-refractivity contribution in [2.75, 3.05) is 43.6 Å². The van der Waals surface area contributed by atoms with E-state index < -0.39 is 0 Å². The van der Waals surface area contributed by atoms with Crippen LogP contribution in [0, 0.1) is 0 Å². The lowest BCUT2D eigenvalue weighted by molar-refractivity contribution is -0.121. The molecule has 0 spiro atoms. The van der Waals surface area contributed by atoms with E-state index in [9.17, 15) is 9.59 Å². The van der Waals surface area contributed by atoms with Crippen LogP contribution in [-0.2, 0) is 14.3 Å². The Bertz CT molecular complexity index is 590. The van der Waals surface area contributed by atoms with Gasteiger partial charge in [0.25, 0.3) is 5.91 Å². The summed E-state index contributed by atoms with van der Waals surface area (Å²) < 4.78 is 10.7. The molecule has 2 N–H and O–H groups in total. The van der Waals surface area contributed by atoms with E-state index in [1.807, 2.05) is 0 Å². The van der Waals surface area contributed by atoms with Crippen LogP contribution < -0.4 is 20.3 Å². The van der Waals surface area contributed by atoms with Crippen molar-refractivity contribution in [3.05, 3.63) is 18.2 Å². The molecule has 2 aliphatic heterocycles. The Hall–Kier alpha value is -1.83. The van der Waals surface area contributed by atoms with E-state index in [1.165, 1.54) is 4.90 Å². The Balaban J connectivity index is 0.00000192. The lowest BCUT2D eigenvalue weighted by atomic mass is 10.1. The molecule has 2 amide bonds. The maximum absolute atomic E-state index is 12.1. The van der Waals surface area contributed by atoms with Gasteiger partial charge in [-0.05, 0) is 18.2 Å². The average Bonchev–Trinajstić information content (AvgIpc) is 2.52. The first-order valence-electron chi connectivity index (χ1n) is 7.28. The van der Waals surface area contributed by atoms with Crippen molar-refractivity contribution in [3.8, 4) is 5.75 Å². The first-order valence-corrected chi connectivity index (χ1v) is 7.28. The van der Waals surface area contributed by atoms with Gasteiger partial charge < -0.3 is 25.0 Å². The van der Waals surface area contributed by atoms with Gasteiger partial charge in [-0.1, -0.05) is 0 Å². The smallest absolute Gasteiger partial charge is 0.264 e. The second kappa shape index (κ2) is 7.63. The summed E-state index contributed by atoms with van der Waals surface area (Å²) in [5.74, 6) is 0.440. The monoisotopic (exact) mass is 341 g/mol. The highest BCUT2D eigenvalue weighted by Crippen LogP contribution is 2.33. The Morgan fingerprint density at radius 2 is 2.30 bits per heavy atom. The predicted molar refractivity (Wildman–Crippen MR) is 88.5 cm³/mol. The van der Waals surface area contributed by atoms with Crippen molar-refractivity contribution in [1.82, 2.24) is 5.32 Å². The van der Waals surface area contributed by atoms with Gasteiger partial charge in [-0.15, -0.1) is 12.4 Å². The second-order valence-corrected chi connectivity index (χ2v) is 5.40. The molecular weight excluding hydrogens is 322 g/mol. The Morgan fingerprint density at radius 3 is 3.04 bits per heavy atom. The molecule has 1 unspecified atom stereocenters. The number of hydrogen-bond acceptors (Lipinski definition) is 5. The van der Waals surface area contributed by atoms with Crippen LogP contribution in [0.2, 0.25) is 0 Å². The molecule has 0 saturated carbocycles. The number of nitrogens with zero attached hydrogens (tertiary/aromatic N) is 1. The van der Waals surface area contributed by atoms with Crippen LogP contribution in [0.3, 0.4) is 0 Å². The number of halogens is 1. The molecule has 1 saturated heterocycles. The molecule has 1 aromatic carbocycles. The minimum atomic E-state index is -0.112.